The largest absolute Gasteiger partial charge is 0.352 e. The molecule has 1 aromatic heterocycles. The summed E-state index contributed by atoms with van der Waals surface area (Å²) in [7, 11) is 0. The molecule has 1 saturated carbocycles. The minimum Gasteiger partial charge on any atom is -0.352 e. The molecule has 0 aliphatic heterocycles. The number of nitrogens with zero attached hydrogens (tertiary/aromatic N) is 1. The minimum absolute atomic E-state index is 0.00384. The number of nitrogens with one attached hydrogen (secondary N) is 1. The van der Waals surface area contributed by atoms with E-state index < -0.39 is 0 Å². The Morgan fingerprint density at radius 3 is 2.68 bits per heavy atom. The highest BCUT2D eigenvalue weighted by Crippen LogP contribution is 2.42. The summed E-state index contributed by atoms with van der Waals surface area (Å²) in [4.78, 5) is 16.8. The maximum absolute atomic E-state index is 12.1. The van der Waals surface area contributed by atoms with Gasteiger partial charge in [-0.3, -0.25) is 4.79 Å². The molecule has 1 aliphatic rings. The molecule has 0 atom stereocenters. The molecule has 0 bridgehead atoms. The lowest BCUT2D eigenvalue weighted by Gasteiger charge is -2.07. The number of thiazole rings is 1. The van der Waals surface area contributed by atoms with E-state index in [1.165, 1.54) is 17.8 Å². The number of rotatable bonds is 6. The van der Waals surface area contributed by atoms with Crippen LogP contribution in [-0.4, -0.2) is 17.4 Å². The van der Waals surface area contributed by atoms with Crippen LogP contribution in [0.1, 0.15) is 54.4 Å². The van der Waals surface area contributed by atoms with Gasteiger partial charge in [0.25, 0.3) is 5.91 Å². The van der Waals surface area contributed by atoms with Crippen LogP contribution in [0, 0.1) is 5.92 Å². The van der Waals surface area contributed by atoms with Crippen LogP contribution in [0.25, 0.3) is 11.3 Å². The lowest BCUT2D eigenvalue weighted by Crippen LogP contribution is -2.25. The molecule has 1 amide bonds. The van der Waals surface area contributed by atoms with Gasteiger partial charge in [-0.05, 0) is 37.3 Å². The van der Waals surface area contributed by atoms with Gasteiger partial charge in [-0.1, -0.05) is 26.0 Å². The predicted molar refractivity (Wildman–Crippen MR) is 91.3 cm³/mol. The highest BCUT2D eigenvalue weighted by atomic mass is 32.1. The van der Waals surface area contributed by atoms with E-state index in [9.17, 15) is 4.79 Å². The van der Waals surface area contributed by atoms with Gasteiger partial charge in [-0.15, -0.1) is 11.3 Å². The molecule has 1 N–H and O–H groups in total. The second-order valence-corrected chi connectivity index (χ2v) is 7.25. The smallest absolute Gasteiger partial charge is 0.251 e. The molecule has 1 heterocycles. The van der Waals surface area contributed by atoms with E-state index in [1.54, 1.807) is 11.3 Å². The van der Waals surface area contributed by atoms with Crippen LogP contribution in [0.5, 0.6) is 0 Å². The first-order valence-electron chi connectivity index (χ1n) is 7.97. The van der Waals surface area contributed by atoms with Crippen molar-refractivity contribution >= 4 is 17.2 Å². The van der Waals surface area contributed by atoms with Gasteiger partial charge in [-0.25, -0.2) is 4.98 Å². The van der Waals surface area contributed by atoms with Crippen molar-refractivity contribution in [2.75, 3.05) is 6.54 Å². The van der Waals surface area contributed by atoms with E-state index in [-0.39, 0.29) is 5.91 Å². The van der Waals surface area contributed by atoms with Gasteiger partial charge < -0.3 is 5.32 Å². The number of carbonyl (C=O) groups is 1. The number of hydrogen-bond acceptors (Lipinski definition) is 3. The van der Waals surface area contributed by atoms with Crippen molar-refractivity contribution in [2.45, 2.75) is 39.0 Å². The van der Waals surface area contributed by atoms with Crippen molar-refractivity contribution in [1.82, 2.24) is 10.3 Å². The SMILES string of the molecule is CC(C)CCNC(=O)c1ccc(-c2csc(C3CC3)n2)cc1. The van der Waals surface area contributed by atoms with Crippen LogP contribution in [-0.2, 0) is 0 Å². The Morgan fingerprint density at radius 1 is 1.32 bits per heavy atom. The highest BCUT2D eigenvalue weighted by Gasteiger charge is 2.26. The lowest BCUT2D eigenvalue weighted by molar-refractivity contribution is 0.0952. The molecule has 1 fully saturated rings. The molecule has 22 heavy (non-hydrogen) atoms. The third-order valence-corrected chi connectivity index (χ3v) is 4.91. The molecule has 3 nitrogen and oxygen atoms in total. The average molecular weight is 314 g/mol. The molecule has 0 spiro atoms. The highest BCUT2D eigenvalue weighted by molar-refractivity contribution is 7.10. The molecule has 0 unspecified atom stereocenters. The Kier molecular flexibility index (Phi) is 4.57. The van der Waals surface area contributed by atoms with Gasteiger partial charge in [-0.2, -0.15) is 0 Å². The third kappa shape index (κ3) is 3.74. The van der Waals surface area contributed by atoms with Crippen LogP contribution >= 0.6 is 11.3 Å². The summed E-state index contributed by atoms with van der Waals surface area (Å²) in [6.45, 7) is 5.05. The van der Waals surface area contributed by atoms with E-state index in [4.69, 9.17) is 4.98 Å². The zero-order valence-electron chi connectivity index (χ0n) is 13.1. The summed E-state index contributed by atoms with van der Waals surface area (Å²) in [5.74, 6) is 1.31. The fourth-order valence-electron chi connectivity index (χ4n) is 2.31. The molecule has 116 valence electrons. The second kappa shape index (κ2) is 6.61. The Balaban J connectivity index is 1.62. The van der Waals surface area contributed by atoms with Crippen molar-refractivity contribution in [3.05, 3.63) is 40.2 Å². The Bertz CT molecular complexity index is 641. The van der Waals surface area contributed by atoms with Gasteiger partial charge >= 0.3 is 0 Å². The summed E-state index contributed by atoms with van der Waals surface area (Å²) in [5.41, 5.74) is 2.82. The Hall–Kier alpha value is -1.68. The van der Waals surface area contributed by atoms with E-state index >= 15 is 0 Å². The van der Waals surface area contributed by atoms with Crippen LogP contribution in [0.15, 0.2) is 29.6 Å². The monoisotopic (exact) mass is 314 g/mol. The first kappa shape index (κ1) is 15.2. The van der Waals surface area contributed by atoms with Crippen LogP contribution < -0.4 is 5.32 Å². The summed E-state index contributed by atoms with van der Waals surface area (Å²) in [6, 6.07) is 7.75. The minimum atomic E-state index is 0.00384. The van der Waals surface area contributed by atoms with E-state index in [0.717, 1.165) is 24.2 Å². The van der Waals surface area contributed by atoms with Gasteiger partial charge in [0.05, 0.1) is 10.7 Å². The first-order valence-corrected chi connectivity index (χ1v) is 8.85. The molecule has 0 radical (unpaired) electrons. The number of aromatic nitrogens is 1. The fourth-order valence-corrected chi connectivity index (χ4v) is 3.31. The topological polar surface area (TPSA) is 42.0 Å². The zero-order chi connectivity index (χ0) is 15.5. The van der Waals surface area contributed by atoms with Crippen LogP contribution in [0.4, 0.5) is 0 Å². The summed E-state index contributed by atoms with van der Waals surface area (Å²) < 4.78 is 0. The molecule has 2 aromatic rings. The van der Waals surface area contributed by atoms with E-state index in [0.29, 0.717) is 17.4 Å². The molecule has 0 saturated heterocycles. The van der Waals surface area contributed by atoms with Crippen molar-refractivity contribution in [1.29, 1.82) is 0 Å². The quantitative estimate of drug-likeness (QED) is 0.855. The molecular weight excluding hydrogens is 292 g/mol. The number of amides is 1. The molecule has 1 aromatic carbocycles. The Labute approximate surface area is 135 Å². The molecule has 3 rings (SSSR count). The van der Waals surface area contributed by atoms with Gasteiger partial charge in [0, 0.05) is 29.0 Å². The summed E-state index contributed by atoms with van der Waals surface area (Å²) >= 11 is 1.75. The van der Waals surface area contributed by atoms with Crippen molar-refractivity contribution in [3.63, 3.8) is 0 Å². The van der Waals surface area contributed by atoms with E-state index in [2.05, 4.69) is 24.5 Å². The molecular formula is C18H22N2OS. The lowest BCUT2D eigenvalue weighted by atomic mass is 10.1. The van der Waals surface area contributed by atoms with Crippen LogP contribution in [0.2, 0.25) is 0 Å². The van der Waals surface area contributed by atoms with Gasteiger partial charge in [0.15, 0.2) is 0 Å². The third-order valence-electron chi connectivity index (χ3n) is 3.90. The maximum atomic E-state index is 12.1. The zero-order valence-corrected chi connectivity index (χ0v) is 14.0. The summed E-state index contributed by atoms with van der Waals surface area (Å²) in [6.07, 6.45) is 3.57. The summed E-state index contributed by atoms with van der Waals surface area (Å²) in [5, 5.41) is 6.34. The van der Waals surface area contributed by atoms with Crippen molar-refractivity contribution in [3.8, 4) is 11.3 Å². The fraction of sp³-hybridized carbons (Fsp3) is 0.444. The molecule has 1 aliphatic carbocycles. The maximum Gasteiger partial charge on any atom is 0.251 e. The van der Waals surface area contributed by atoms with Crippen molar-refractivity contribution in [2.24, 2.45) is 5.92 Å². The van der Waals surface area contributed by atoms with Crippen LogP contribution in [0.3, 0.4) is 0 Å². The second-order valence-electron chi connectivity index (χ2n) is 6.36. The van der Waals surface area contributed by atoms with Gasteiger partial charge in [0.2, 0.25) is 0 Å². The van der Waals surface area contributed by atoms with Gasteiger partial charge in [0.1, 0.15) is 0 Å². The predicted octanol–water partition coefficient (Wildman–Crippen LogP) is 4.46. The first-order chi connectivity index (χ1) is 10.6. The Morgan fingerprint density at radius 2 is 2.05 bits per heavy atom. The van der Waals surface area contributed by atoms with Crippen molar-refractivity contribution < 1.29 is 4.79 Å². The number of hydrogen-bond donors (Lipinski definition) is 1. The van der Waals surface area contributed by atoms with E-state index in [1.807, 2.05) is 24.3 Å². The normalized spacial score (nSPS) is 14.3. The average Bonchev–Trinajstić information content (AvgIpc) is 3.24. The molecule has 4 heteroatoms. The number of carbonyl (C=O) groups excluding carboxylic acids is 1. The number of benzene rings is 1. The standard InChI is InChI=1S/C18H22N2OS/c1-12(2)9-10-19-17(21)14-5-3-13(4-6-14)16-11-22-18(20-16)15-7-8-15/h3-6,11-12,15H,7-10H2,1-2H3,(H,19,21).